The molecule has 5 heteroatoms. The van der Waals surface area contributed by atoms with Crippen LogP contribution in [0.1, 0.15) is 35.1 Å². The molecule has 5 rings (SSSR count). The fourth-order valence-corrected chi connectivity index (χ4v) is 5.38. The molecule has 190 valence electrons. The minimum absolute atomic E-state index is 0.297. The van der Waals surface area contributed by atoms with Crippen LogP contribution in [0.25, 0.3) is 11.1 Å². The highest BCUT2D eigenvalue weighted by Gasteiger charge is 2.15. The first-order valence-electron chi connectivity index (χ1n) is 13.3. The number of hydrogen-bond acceptors (Lipinski definition) is 5. The topological polar surface area (TPSA) is 45.2 Å². The number of phenolic OH excluding ortho intramolecular Hbond substituents is 1. The van der Waals surface area contributed by atoms with Crippen molar-refractivity contribution in [2.45, 2.75) is 32.2 Å². The molecule has 0 atom stereocenters. The number of benzene rings is 3. The normalized spacial score (nSPS) is 16.9. The van der Waals surface area contributed by atoms with Crippen LogP contribution in [0.4, 0.5) is 0 Å². The van der Waals surface area contributed by atoms with Gasteiger partial charge in [-0.15, -0.1) is 0 Å². The predicted octanol–water partition coefficient (Wildman–Crippen LogP) is 5.13. The Morgan fingerprint density at radius 2 is 1.53 bits per heavy atom. The van der Waals surface area contributed by atoms with Gasteiger partial charge in [0.15, 0.2) is 0 Å². The van der Waals surface area contributed by atoms with Crippen molar-refractivity contribution in [3.8, 4) is 22.6 Å². The number of phenols is 1. The maximum Gasteiger partial charge on any atom is 0.123 e. The molecule has 0 aromatic heterocycles. The molecule has 1 N–H and O–H groups in total. The van der Waals surface area contributed by atoms with E-state index in [0.29, 0.717) is 5.75 Å². The third kappa shape index (κ3) is 6.28. The van der Waals surface area contributed by atoms with E-state index in [1.807, 2.05) is 12.1 Å². The monoisotopic (exact) mass is 486 g/mol. The average molecular weight is 487 g/mol. The van der Waals surface area contributed by atoms with Gasteiger partial charge in [-0.25, -0.2) is 0 Å². The number of likely N-dealkylation sites (tertiary alicyclic amines) is 1. The fourth-order valence-electron chi connectivity index (χ4n) is 5.38. The van der Waals surface area contributed by atoms with Crippen LogP contribution in [-0.2, 0) is 24.1 Å². The van der Waals surface area contributed by atoms with Gasteiger partial charge in [-0.2, -0.15) is 0 Å². The molecule has 0 aliphatic carbocycles. The lowest BCUT2D eigenvalue weighted by Gasteiger charge is -2.27. The van der Waals surface area contributed by atoms with Gasteiger partial charge in [-0.3, -0.25) is 4.90 Å². The molecule has 0 spiro atoms. The van der Waals surface area contributed by atoms with Crippen molar-refractivity contribution in [3.05, 3.63) is 82.9 Å². The molecule has 2 aliphatic rings. The Hall–Kier alpha value is -2.86. The zero-order valence-corrected chi connectivity index (χ0v) is 21.4. The van der Waals surface area contributed by atoms with E-state index in [4.69, 9.17) is 9.47 Å². The summed E-state index contributed by atoms with van der Waals surface area (Å²) in [5.74, 6) is 1.23. The summed E-state index contributed by atoms with van der Waals surface area (Å²) in [5.41, 5.74) is 7.19. The van der Waals surface area contributed by atoms with E-state index >= 15 is 0 Å². The molecular formula is C31H38N2O3. The Kier molecular flexibility index (Phi) is 8.22. The van der Waals surface area contributed by atoms with Gasteiger partial charge in [0.05, 0.1) is 20.3 Å². The third-order valence-electron chi connectivity index (χ3n) is 7.52. The van der Waals surface area contributed by atoms with Crippen LogP contribution in [0.3, 0.4) is 0 Å². The van der Waals surface area contributed by atoms with Gasteiger partial charge in [-0.1, -0.05) is 42.5 Å². The number of hydrogen-bond donors (Lipinski definition) is 1. The van der Waals surface area contributed by atoms with Crippen LogP contribution < -0.4 is 4.74 Å². The predicted molar refractivity (Wildman–Crippen MR) is 145 cm³/mol. The molecule has 0 amide bonds. The third-order valence-corrected chi connectivity index (χ3v) is 7.52. The van der Waals surface area contributed by atoms with Crippen LogP contribution in [-0.4, -0.2) is 68.0 Å². The molecule has 2 heterocycles. The van der Waals surface area contributed by atoms with E-state index in [-0.39, 0.29) is 0 Å². The molecule has 5 nitrogen and oxygen atoms in total. The van der Waals surface area contributed by atoms with Crippen molar-refractivity contribution in [2.24, 2.45) is 0 Å². The number of morpholine rings is 1. The van der Waals surface area contributed by atoms with Crippen LogP contribution in [0.2, 0.25) is 0 Å². The zero-order chi connectivity index (χ0) is 24.7. The standard InChI is InChI=1S/C31H38N2O3/c1-35-31-21-25(6-9-28(31)23-33-16-18-36-19-17-33)20-27-10-11-29(34)22-30(27)26-7-4-24(5-8-26)12-15-32-13-2-3-14-32/h4-11,21-22,34H,2-3,12-20,23H2,1H3. The summed E-state index contributed by atoms with van der Waals surface area (Å²) in [4.78, 5) is 4.97. The van der Waals surface area contributed by atoms with E-state index in [1.54, 1.807) is 13.2 Å². The Bertz CT molecular complexity index is 1130. The van der Waals surface area contributed by atoms with Gasteiger partial charge in [0.1, 0.15) is 11.5 Å². The van der Waals surface area contributed by atoms with E-state index in [1.165, 1.54) is 48.2 Å². The van der Waals surface area contributed by atoms with Gasteiger partial charge in [-0.05, 0) is 84.8 Å². The van der Waals surface area contributed by atoms with Crippen LogP contribution >= 0.6 is 0 Å². The highest BCUT2D eigenvalue weighted by atomic mass is 16.5. The number of methoxy groups -OCH3 is 1. The molecule has 0 unspecified atom stereocenters. The summed E-state index contributed by atoms with van der Waals surface area (Å²) in [6.45, 7) is 8.00. The largest absolute Gasteiger partial charge is 0.508 e. The lowest BCUT2D eigenvalue weighted by atomic mass is 9.93. The Labute approximate surface area is 215 Å². The molecule has 0 saturated carbocycles. The molecule has 3 aromatic carbocycles. The van der Waals surface area contributed by atoms with Gasteiger partial charge >= 0.3 is 0 Å². The zero-order valence-electron chi connectivity index (χ0n) is 21.4. The molecule has 36 heavy (non-hydrogen) atoms. The summed E-state index contributed by atoms with van der Waals surface area (Å²) < 4.78 is 11.3. The Balaban J connectivity index is 1.31. The Morgan fingerprint density at radius 1 is 0.806 bits per heavy atom. The summed E-state index contributed by atoms with van der Waals surface area (Å²) in [7, 11) is 1.75. The highest BCUT2D eigenvalue weighted by Crippen LogP contribution is 2.31. The van der Waals surface area contributed by atoms with E-state index in [2.05, 4.69) is 52.3 Å². The number of rotatable bonds is 9. The molecular weight excluding hydrogens is 448 g/mol. The lowest BCUT2D eigenvalue weighted by molar-refractivity contribution is 0.0339. The molecule has 2 saturated heterocycles. The van der Waals surface area contributed by atoms with Crippen molar-refractivity contribution in [3.63, 3.8) is 0 Å². The number of ether oxygens (including phenoxy) is 2. The van der Waals surface area contributed by atoms with E-state index in [9.17, 15) is 5.11 Å². The van der Waals surface area contributed by atoms with Crippen molar-refractivity contribution >= 4 is 0 Å². The van der Waals surface area contributed by atoms with Gasteiger partial charge in [0, 0.05) is 31.7 Å². The summed E-state index contributed by atoms with van der Waals surface area (Å²) in [6.07, 6.45) is 4.54. The Morgan fingerprint density at radius 3 is 2.28 bits per heavy atom. The van der Waals surface area contributed by atoms with Gasteiger partial charge < -0.3 is 19.5 Å². The van der Waals surface area contributed by atoms with E-state index < -0.39 is 0 Å². The molecule has 2 aliphatic heterocycles. The highest BCUT2D eigenvalue weighted by molar-refractivity contribution is 5.70. The maximum absolute atomic E-state index is 10.3. The number of nitrogens with zero attached hydrogens (tertiary/aromatic N) is 2. The first-order chi connectivity index (χ1) is 17.7. The second-order valence-electron chi connectivity index (χ2n) is 10.0. The lowest BCUT2D eigenvalue weighted by Crippen LogP contribution is -2.35. The SMILES string of the molecule is COc1cc(Cc2ccc(O)cc2-c2ccc(CCN3CCCC3)cc2)ccc1CN1CCOCC1. The van der Waals surface area contributed by atoms with Crippen LogP contribution in [0.5, 0.6) is 11.5 Å². The summed E-state index contributed by atoms with van der Waals surface area (Å²) >= 11 is 0. The van der Waals surface area contributed by atoms with Crippen molar-refractivity contribution < 1.29 is 14.6 Å². The van der Waals surface area contributed by atoms with E-state index in [0.717, 1.165) is 69.1 Å². The maximum atomic E-state index is 10.3. The summed E-state index contributed by atoms with van der Waals surface area (Å²) in [6, 6.07) is 21.1. The quantitative estimate of drug-likeness (QED) is 0.454. The van der Waals surface area contributed by atoms with Gasteiger partial charge in [0.25, 0.3) is 0 Å². The molecule has 3 aromatic rings. The smallest absolute Gasteiger partial charge is 0.123 e. The molecule has 0 radical (unpaired) electrons. The minimum Gasteiger partial charge on any atom is -0.508 e. The first-order valence-corrected chi connectivity index (χ1v) is 13.3. The van der Waals surface area contributed by atoms with Crippen LogP contribution in [0, 0.1) is 0 Å². The fraction of sp³-hybridized carbons (Fsp3) is 0.419. The summed E-state index contributed by atoms with van der Waals surface area (Å²) in [5, 5.41) is 10.3. The van der Waals surface area contributed by atoms with Gasteiger partial charge in [0.2, 0.25) is 0 Å². The number of aromatic hydroxyl groups is 1. The van der Waals surface area contributed by atoms with Crippen molar-refractivity contribution in [1.82, 2.24) is 9.80 Å². The molecule has 2 fully saturated rings. The van der Waals surface area contributed by atoms with Crippen LogP contribution in [0.15, 0.2) is 60.7 Å². The average Bonchev–Trinajstić information content (AvgIpc) is 3.44. The minimum atomic E-state index is 0.297. The molecule has 0 bridgehead atoms. The second kappa shape index (κ2) is 11.9. The second-order valence-corrected chi connectivity index (χ2v) is 10.0. The van der Waals surface area contributed by atoms with Crippen molar-refractivity contribution in [1.29, 1.82) is 0 Å². The van der Waals surface area contributed by atoms with Crippen molar-refractivity contribution in [2.75, 3.05) is 53.0 Å². The first kappa shape index (κ1) is 24.8.